The topological polar surface area (TPSA) is 66.3 Å². The summed E-state index contributed by atoms with van der Waals surface area (Å²) in [6, 6.07) is -0.493. The molecule has 0 aromatic carbocycles. The Morgan fingerprint density at radius 2 is 2.20 bits per heavy atom. The van der Waals surface area contributed by atoms with Gasteiger partial charge in [-0.3, -0.25) is 0 Å². The number of hydrogen-bond acceptors (Lipinski definition) is 5. The number of carbonyl (C=O) groups is 1. The van der Waals surface area contributed by atoms with Gasteiger partial charge in [0.05, 0.1) is 5.39 Å². The van der Waals surface area contributed by atoms with E-state index in [1.54, 1.807) is 11.3 Å². The smallest absolute Gasteiger partial charge is 0.326 e. The molecule has 2 atom stereocenters. The molecule has 1 N–H and O–H groups in total. The van der Waals surface area contributed by atoms with E-state index >= 15 is 0 Å². The van der Waals surface area contributed by atoms with Crippen LogP contribution in [0.25, 0.3) is 10.2 Å². The zero-order valence-electron chi connectivity index (χ0n) is 11.8. The van der Waals surface area contributed by atoms with Gasteiger partial charge in [-0.05, 0) is 31.7 Å². The Kier molecular flexibility index (Phi) is 3.12. The standard InChI is InChI=1S/C14H17N3O2S/c1-7-4-5-17(11(7)14(18)19)12-10-8(2)9(3)20-13(10)16-6-15-12/h6-7,11H,4-5H2,1-3H3,(H,18,19). The fraction of sp³-hybridized carbons (Fsp3) is 0.500. The van der Waals surface area contributed by atoms with Gasteiger partial charge in [-0.1, -0.05) is 6.92 Å². The zero-order valence-corrected chi connectivity index (χ0v) is 12.6. The van der Waals surface area contributed by atoms with E-state index in [9.17, 15) is 9.90 Å². The first-order chi connectivity index (χ1) is 9.50. The van der Waals surface area contributed by atoms with Crippen LogP contribution >= 0.6 is 11.3 Å². The van der Waals surface area contributed by atoms with Crippen LogP contribution in [-0.4, -0.2) is 33.6 Å². The summed E-state index contributed by atoms with van der Waals surface area (Å²) < 4.78 is 0. The molecule has 0 bridgehead atoms. The van der Waals surface area contributed by atoms with Crippen LogP contribution in [0.1, 0.15) is 23.8 Å². The number of rotatable bonds is 2. The Bertz CT molecular complexity index is 682. The van der Waals surface area contributed by atoms with Gasteiger partial charge < -0.3 is 10.0 Å². The van der Waals surface area contributed by atoms with E-state index in [2.05, 4.69) is 23.8 Å². The van der Waals surface area contributed by atoms with Crippen LogP contribution in [0, 0.1) is 19.8 Å². The van der Waals surface area contributed by atoms with Gasteiger partial charge >= 0.3 is 5.97 Å². The van der Waals surface area contributed by atoms with Crippen LogP contribution < -0.4 is 4.90 Å². The minimum absolute atomic E-state index is 0.137. The van der Waals surface area contributed by atoms with Gasteiger partial charge in [-0.15, -0.1) is 11.3 Å². The average molecular weight is 291 g/mol. The molecular formula is C14H17N3O2S. The molecule has 0 radical (unpaired) electrons. The van der Waals surface area contributed by atoms with Crippen molar-refractivity contribution in [2.75, 3.05) is 11.4 Å². The lowest BCUT2D eigenvalue weighted by molar-refractivity contribution is -0.139. The maximum atomic E-state index is 11.5. The number of anilines is 1. The molecule has 0 saturated carbocycles. The molecule has 0 spiro atoms. The quantitative estimate of drug-likeness (QED) is 0.921. The van der Waals surface area contributed by atoms with Gasteiger partial charge in [-0.2, -0.15) is 0 Å². The summed E-state index contributed by atoms with van der Waals surface area (Å²) in [6.45, 7) is 6.84. The second kappa shape index (κ2) is 4.70. The predicted molar refractivity (Wildman–Crippen MR) is 79.4 cm³/mol. The number of carboxylic acid groups (broad SMARTS) is 1. The van der Waals surface area contributed by atoms with Crippen molar-refractivity contribution in [3.8, 4) is 0 Å². The van der Waals surface area contributed by atoms with Crippen LogP contribution in [0.5, 0.6) is 0 Å². The lowest BCUT2D eigenvalue weighted by Gasteiger charge is -2.25. The molecule has 1 aliphatic rings. The Morgan fingerprint density at radius 1 is 1.45 bits per heavy atom. The fourth-order valence-corrected chi connectivity index (χ4v) is 3.93. The molecule has 3 rings (SSSR count). The number of aromatic nitrogens is 2. The molecule has 3 heterocycles. The van der Waals surface area contributed by atoms with E-state index < -0.39 is 12.0 Å². The van der Waals surface area contributed by atoms with Crippen LogP contribution in [0.15, 0.2) is 6.33 Å². The molecule has 106 valence electrons. The number of aliphatic carboxylic acids is 1. The maximum Gasteiger partial charge on any atom is 0.326 e. The van der Waals surface area contributed by atoms with Crippen LogP contribution in [0.3, 0.4) is 0 Å². The molecule has 6 heteroatoms. The van der Waals surface area contributed by atoms with Gasteiger partial charge in [-0.25, -0.2) is 14.8 Å². The third kappa shape index (κ3) is 1.86. The Hall–Kier alpha value is -1.69. The SMILES string of the molecule is Cc1sc2ncnc(N3CCC(C)C3C(=O)O)c2c1C. The van der Waals surface area contributed by atoms with E-state index in [0.29, 0.717) is 0 Å². The highest BCUT2D eigenvalue weighted by Gasteiger charge is 2.38. The van der Waals surface area contributed by atoms with Crippen LogP contribution in [0.4, 0.5) is 5.82 Å². The highest BCUT2D eigenvalue weighted by Crippen LogP contribution is 2.38. The third-order valence-corrected chi connectivity index (χ3v) is 5.29. The van der Waals surface area contributed by atoms with E-state index in [1.807, 2.05) is 11.8 Å². The Morgan fingerprint density at radius 3 is 2.90 bits per heavy atom. The monoisotopic (exact) mass is 291 g/mol. The highest BCUT2D eigenvalue weighted by molar-refractivity contribution is 7.18. The largest absolute Gasteiger partial charge is 0.480 e. The summed E-state index contributed by atoms with van der Waals surface area (Å²) in [5, 5.41) is 10.5. The van der Waals surface area contributed by atoms with Crippen molar-refractivity contribution in [2.24, 2.45) is 5.92 Å². The van der Waals surface area contributed by atoms with Gasteiger partial charge in [0, 0.05) is 11.4 Å². The van der Waals surface area contributed by atoms with Crippen molar-refractivity contribution in [3.05, 3.63) is 16.8 Å². The summed E-state index contributed by atoms with van der Waals surface area (Å²) in [6.07, 6.45) is 2.42. The van der Waals surface area contributed by atoms with Gasteiger partial charge in [0.1, 0.15) is 23.0 Å². The van der Waals surface area contributed by atoms with Crippen molar-refractivity contribution >= 4 is 33.3 Å². The molecule has 2 unspecified atom stereocenters. The molecule has 0 aliphatic carbocycles. The molecule has 2 aromatic rings. The van der Waals surface area contributed by atoms with E-state index in [4.69, 9.17) is 0 Å². The normalized spacial score (nSPS) is 22.6. The molecule has 20 heavy (non-hydrogen) atoms. The lowest BCUT2D eigenvalue weighted by Crippen LogP contribution is -2.39. The minimum Gasteiger partial charge on any atom is -0.480 e. The van der Waals surface area contributed by atoms with Gasteiger partial charge in [0.15, 0.2) is 0 Å². The van der Waals surface area contributed by atoms with Gasteiger partial charge in [0.2, 0.25) is 0 Å². The van der Waals surface area contributed by atoms with Crippen molar-refractivity contribution in [3.63, 3.8) is 0 Å². The fourth-order valence-electron chi connectivity index (χ4n) is 2.94. The first-order valence-corrected chi connectivity index (χ1v) is 7.52. The summed E-state index contributed by atoms with van der Waals surface area (Å²) in [7, 11) is 0. The molecule has 2 aromatic heterocycles. The van der Waals surface area contributed by atoms with Crippen molar-refractivity contribution in [1.29, 1.82) is 0 Å². The van der Waals surface area contributed by atoms with E-state index in [1.165, 1.54) is 11.2 Å². The second-order valence-electron chi connectivity index (χ2n) is 5.40. The molecule has 0 amide bonds. The average Bonchev–Trinajstić information content (AvgIpc) is 2.91. The Labute approximate surface area is 121 Å². The lowest BCUT2D eigenvalue weighted by atomic mass is 10.0. The first-order valence-electron chi connectivity index (χ1n) is 6.71. The van der Waals surface area contributed by atoms with E-state index in [0.717, 1.165) is 34.6 Å². The third-order valence-electron chi connectivity index (χ3n) is 4.17. The van der Waals surface area contributed by atoms with E-state index in [-0.39, 0.29) is 5.92 Å². The second-order valence-corrected chi connectivity index (χ2v) is 6.61. The van der Waals surface area contributed by atoms with Crippen molar-refractivity contribution < 1.29 is 9.90 Å². The summed E-state index contributed by atoms with van der Waals surface area (Å²) in [4.78, 5) is 24.3. The molecule has 1 fully saturated rings. The number of carboxylic acids is 1. The molecule has 1 aliphatic heterocycles. The number of thiophene rings is 1. The first kappa shape index (κ1) is 13.3. The Balaban J connectivity index is 2.17. The summed E-state index contributed by atoms with van der Waals surface area (Å²) in [5.74, 6) is 0.137. The summed E-state index contributed by atoms with van der Waals surface area (Å²) in [5.41, 5.74) is 1.16. The van der Waals surface area contributed by atoms with Crippen LogP contribution in [-0.2, 0) is 4.79 Å². The summed E-state index contributed by atoms with van der Waals surface area (Å²) >= 11 is 1.64. The maximum absolute atomic E-state index is 11.5. The number of nitrogens with zero attached hydrogens (tertiary/aromatic N) is 3. The van der Waals surface area contributed by atoms with Crippen molar-refractivity contribution in [2.45, 2.75) is 33.2 Å². The number of aryl methyl sites for hydroxylation is 2. The van der Waals surface area contributed by atoms with Gasteiger partial charge in [0.25, 0.3) is 0 Å². The highest BCUT2D eigenvalue weighted by atomic mass is 32.1. The molecule has 5 nitrogen and oxygen atoms in total. The predicted octanol–water partition coefficient (Wildman–Crippen LogP) is 2.61. The number of hydrogen-bond donors (Lipinski definition) is 1. The molecule has 1 saturated heterocycles. The number of fused-ring (bicyclic) bond motifs is 1. The van der Waals surface area contributed by atoms with Crippen LogP contribution in [0.2, 0.25) is 0 Å². The minimum atomic E-state index is -0.772. The van der Waals surface area contributed by atoms with Crippen molar-refractivity contribution in [1.82, 2.24) is 9.97 Å². The molecular weight excluding hydrogens is 274 g/mol. The zero-order chi connectivity index (χ0) is 14.4.